The van der Waals surface area contributed by atoms with Crippen molar-refractivity contribution < 1.29 is 18.7 Å². The van der Waals surface area contributed by atoms with Crippen LogP contribution in [0.4, 0.5) is 14.6 Å². The molecule has 0 aliphatic carbocycles. The summed E-state index contributed by atoms with van der Waals surface area (Å²) in [7, 11) is 0. The van der Waals surface area contributed by atoms with E-state index in [1.807, 2.05) is 0 Å². The van der Waals surface area contributed by atoms with Crippen molar-refractivity contribution >= 4 is 17.3 Å². The summed E-state index contributed by atoms with van der Waals surface area (Å²) in [6.07, 6.45) is 1.10. The van der Waals surface area contributed by atoms with E-state index in [0.717, 1.165) is 0 Å². The average Bonchev–Trinajstić information content (AvgIpc) is 2.85. The van der Waals surface area contributed by atoms with Crippen LogP contribution < -0.4 is 4.90 Å². The first kappa shape index (κ1) is 12.8. The molecule has 0 spiro atoms. The van der Waals surface area contributed by atoms with E-state index in [1.54, 1.807) is 21.7 Å². The normalized spacial score (nSPS) is 18.4. The summed E-state index contributed by atoms with van der Waals surface area (Å²) < 4.78 is 28.0. The summed E-state index contributed by atoms with van der Waals surface area (Å²) in [5, 5.41) is 13.2. The number of alkyl halides is 2. The van der Waals surface area contributed by atoms with Crippen molar-refractivity contribution in [2.45, 2.75) is 18.8 Å². The van der Waals surface area contributed by atoms with E-state index in [-0.39, 0.29) is 31.5 Å². The second-order valence-electron chi connectivity index (χ2n) is 4.92. The van der Waals surface area contributed by atoms with Crippen LogP contribution in [0.3, 0.4) is 0 Å². The summed E-state index contributed by atoms with van der Waals surface area (Å²) in [6.45, 7) is 0.371. The minimum atomic E-state index is -2.63. The lowest BCUT2D eigenvalue weighted by molar-refractivity contribution is -0.0222. The molecular weight excluding hydrogens is 268 g/mol. The molecule has 1 aliphatic heterocycles. The van der Waals surface area contributed by atoms with E-state index in [4.69, 9.17) is 5.11 Å². The maximum absolute atomic E-state index is 13.2. The highest BCUT2D eigenvalue weighted by Crippen LogP contribution is 2.31. The number of aromatic nitrogens is 2. The Kier molecular flexibility index (Phi) is 2.84. The Morgan fingerprint density at radius 1 is 1.30 bits per heavy atom. The zero-order valence-electron chi connectivity index (χ0n) is 10.6. The lowest BCUT2D eigenvalue weighted by Gasteiger charge is -2.33. The maximum atomic E-state index is 13.2. The van der Waals surface area contributed by atoms with Crippen molar-refractivity contribution in [3.8, 4) is 0 Å². The van der Waals surface area contributed by atoms with Gasteiger partial charge in [-0.25, -0.2) is 18.1 Å². The second kappa shape index (κ2) is 4.43. The fraction of sp³-hybridized carbons (Fsp3) is 0.385. The number of hydrogen-bond donors (Lipinski definition) is 1. The third kappa shape index (κ3) is 2.19. The number of carboxylic acids is 1. The predicted octanol–water partition coefficient (Wildman–Crippen LogP) is 2.27. The summed E-state index contributed by atoms with van der Waals surface area (Å²) in [5.74, 6) is -3.14. The lowest BCUT2D eigenvalue weighted by atomic mass is 10.1. The Labute approximate surface area is 113 Å². The maximum Gasteiger partial charge on any atom is 0.335 e. The Morgan fingerprint density at radius 2 is 2.00 bits per heavy atom. The van der Waals surface area contributed by atoms with Gasteiger partial charge in [0.15, 0.2) is 0 Å². The molecule has 1 fully saturated rings. The summed E-state index contributed by atoms with van der Waals surface area (Å²) in [4.78, 5) is 12.9. The smallest absolute Gasteiger partial charge is 0.335 e. The minimum absolute atomic E-state index is 0.130. The molecule has 2 aromatic rings. The SMILES string of the molecule is O=C(O)c1cc(N2CCC(F)(F)CC2)n2nccc2c1. The Balaban J connectivity index is 2.02. The molecule has 106 valence electrons. The molecule has 0 amide bonds. The number of fused-ring (bicyclic) bond motifs is 1. The average molecular weight is 281 g/mol. The Hall–Kier alpha value is -2.18. The van der Waals surface area contributed by atoms with Crippen molar-refractivity contribution in [3.63, 3.8) is 0 Å². The van der Waals surface area contributed by atoms with Crippen LogP contribution in [0.2, 0.25) is 0 Å². The van der Waals surface area contributed by atoms with E-state index < -0.39 is 11.9 Å². The van der Waals surface area contributed by atoms with Crippen molar-refractivity contribution in [1.29, 1.82) is 0 Å². The van der Waals surface area contributed by atoms with E-state index in [1.165, 1.54) is 12.1 Å². The van der Waals surface area contributed by atoms with Gasteiger partial charge < -0.3 is 10.0 Å². The van der Waals surface area contributed by atoms with Crippen molar-refractivity contribution in [1.82, 2.24) is 9.61 Å². The zero-order valence-corrected chi connectivity index (χ0v) is 10.6. The van der Waals surface area contributed by atoms with Crippen LogP contribution in [0.5, 0.6) is 0 Å². The van der Waals surface area contributed by atoms with Crippen LogP contribution in [0.15, 0.2) is 24.4 Å². The first-order chi connectivity index (χ1) is 9.46. The number of rotatable bonds is 2. The van der Waals surface area contributed by atoms with Crippen LogP contribution in [-0.4, -0.2) is 39.7 Å². The molecule has 20 heavy (non-hydrogen) atoms. The van der Waals surface area contributed by atoms with Gasteiger partial charge in [0.2, 0.25) is 0 Å². The van der Waals surface area contributed by atoms with E-state index in [2.05, 4.69) is 5.10 Å². The first-order valence-corrected chi connectivity index (χ1v) is 6.30. The molecule has 0 radical (unpaired) electrons. The number of carbonyl (C=O) groups is 1. The predicted molar refractivity (Wildman–Crippen MR) is 68.5 cm³/mol. The monoisotopic (exact) mass is 281 g/mol. The quantitative estimate of drug-likeness (QED) is 0.917. The Bertz CT molecular complexity index is 659. The molecular formula is C13H13F2N3O2. The highest BCUT2D eigenvalue weighted by molar-refractivity contribution is 5.90. The molecule has 1 saturated heterocycles. The largest absolute Gasteiger partial charge is 0.478 e. The third-order valence-corrected chi connectivity index (χ3v) is 3.54. The topological polar surface area (TPSA) is 57.8 Å². The van der Waals surface area contributed by atoms with Gasteiger partial charge in [-0.3, -0.25) is 0 Å². The van der Waals surface area contributed by atoms with Gasteiger partial charge >= 0.3 is 5.97 Å². The highest BCUT2D eigenvalue weighted by atomic mass is 19.3. The molecule has 0 unspecified atom stereocenters. The molecule has 3 heterocycles. The van der Waals surface area contributed by atoms with Gasteiger partial charge in [-0.1, -0.05) is 0 Å². The van der Waals surface area contributed by atoms with Gasteiger partial charge in [-0.15, -0.1) is 0 Å². The number of halogens is 2. The molecule has 2 aromatic heterocycles. The molecule has 1 aliphatic rings. The molecule has 1 N–H and O–H groups in total. The van der Waals surface area contributed by atoms with Gasteiger partial charge in [-0.05, 0) is 18.2 Å². The number of carboxylic acid groups (broad SMARTS) is 1. The van der Waals surface area contributed by atoms with Crippen molar-refractivity contribution in [2.24, 2.45) is 0 Å². The van der Waals surface area contributed by atoms with Crippen LogP contribution in [0.1, 0.15) is 23.2 Å². The molecule has 5 nitrogen and oxygen atoms in total. The first-order valence-electron chi connectivity index (χ1n) is 6.30. The second-order valence-corrected chi connectivity index (χ2v) is 4.92. The van der Waals surface area contributed by atoms with E-state index in [0.29, 0.717) is 11.3 Å². The molecule has 3 rings (SSSR count). The lowest BCUT2D eigenvalue weighted by Crippen LogP contribution is -2.40. The number of hydrogen-bond acceptors (Lipinski definition) is 3. The highest BCUT2D eigenvalue weighted by Gasteiger charge is 2.34. The minimum Gasteiger partial charge on any atom is -0.478 e. The summed E-state index contributed by atoms with van der Waals surface area (Å²) >= 11 is 0. The Morgan fingerprint density at radius 3 is 2.65 bits per heavy atom. The molecule has 0 bridgehead atoms. The third-order valence-electron chi connectivity index (χ3n) is 3.54. The zero-order chi connectivity index (χ0) is 14.3. The van der Waals surface area contributed by atoms with Crippen LogP contribution in [-0.2, 0) is 0 Å². The fourth-order valence-electron chi connectivity index (χ4n) is 2.43. The van der Waals surface area contributed by atoms with E-state index >= 15 is 0 Å². The van der Waals surface area contributed by atoms with Gasteiger partial charge in [0.05, 0.1) is 17.3 Å². The molecule has 0 saturated carbocycles. The number of piperidine rings is 1. The van der Waals surface area contributed by atoms with Crippen LogP contribution in [0, 0.1) is 0 Å². The number of anilines is 1. The molecule has 0 atom stereocenters. The summed E-state index contributed by atoms with van der Waals surface area (Å²) in [6, 6.07) is 4.68. The number of pyridine rings is 1. The number of nitrogens with zero attached hydrogens (tertiary/aromatic N) is 3. The summed E-state index contributed by atoms with van der Waals surface area (Å²) in [5.41, 5.74) is 0.766. The number of aromatic carboxylic acids is 1. The van der Waals surface area contributed by atoms with Crippen molar-refractivity contribution in [3.05, 3.63) is 30.0 Å². The van der Waals surface area contributed by atoms with Gasteiger partial charge in [0, 0.05) is 25.9 Å². The van der Waals surface area contributed by atoms with Crippen LogP contribution in [0.25, 0.3) is 5.52 Å². The molecule has 7 heteroatoms. The van der Waals surface area contributed by atoms with Gasteiger partial charge in [0.1, 0.15) is 5.82 Å². The van der Waals surface area contributed by atoms with E-state index in [9.17, 15) is 13.6 Å². The van der Waals surface area contributed by atoms with Gasteiger partial charge in [0.25, 0.3) is 5.92 Å². The van der Waals surface area contributed by atoms with Gasteiger partial charge in [-0.2, -0.15) is 5.10 Å². The molecule has 0 aromatic carbocycles. The van der Waals surface area contributed by atoms with Crippen LogP contribution >= 0.6 is 0 Å². The standard InChI is InChI=1S/C13H13F2N3O2/c14-13(15)2-5-17(6-3-13)11-8-9(12(19)20)7-10-1-4-16-18(10)11/h1,4,7-8H,2-3,5-6H2,(H,19,20). The van der Waals surface area contributed by atoms with Crippen molar-refractivity contribution in [2.75, 3.05) is 18.0 Å². The fourth-order valence-corrected chi connectivity index (χ4v) is 2.43.